The Morgan fingerprint density at radius 2 is 0.955 bits per heavy atom. The molecule has 12 rings (SSSR count). The van der Waals surface area contributed by atoms with Gasteiger partial charge in [-0.15, -0.1) is 0 Å². The predicted molar refractivity (Wildman–Crippen MR) is 276 cm³/mol. The third kappa shape index (κ3) is 6.25. The molecule has 3 aliphatic rings. The lowest BCUT2D eigenvalue weighted by atomic mass is 9.67. The van der Waals surface area contributed by atoms with Crippen molar-refractivity contribution in [3.05, 3.63) is 270 Å². The smallest absolute Gasteiger partial charge is 0.0720 e. The molecule has 0 heterocycles. The van der Waals surface area contributed by atoms with E-state index in [0.717, 1.165) is 23.5 Å². The molecule has 9 aromatic rings. The lowest BCUT2D eigenvalue weighted by Gasteiger charge is -2.35. The molecule has 1 heteroatoms. The minimum atomic E-state index is -0.571. The summed E-state index contributed by atoms with van der Waals surface area (Å²) in [6.45, 7) is 4.78. The van der Waals surface area contributed by atoms with Gasteiger partial charge in [0.15, 0.2) is 0 Å². The van der Waals surface area contributed by atoms with Gasteiger partial charge >= 0.3 is 0 Å². The van der Waals surface area contributed by atoms with Gasteiger partial charge in [0.2, 0.25) is 0 Å². The average Bonchev–Trinajstić information content (AvgIpc) is 3.60. The second kappa shape index (κ2) is 15.8. The van der Waals surface area contributed by atoms with E-state index >= 15 is 0 Å². The SMILES string of the molecule is CC1(C)c2cc(-c3ccccc3)ccc2-c2ccc(N(c3ccc(-c4ccc(-c5ccccc5)cc4)cc3)c3cccc4c3-c3ccccc3C4(C3=CC#CCC=C3)c3ccccc3)cc21. The van der Waals surface area contributed by atoms with Crippen LogP contribution in [0, 0.1) is 11.8 Å². The first-order chi connectivity index (χ1) is 32.5. The Hall–Kier alpha value is -8.18. The number of hydrogen-bond acceptors (Lipinski definition) is 1. The molecule has 9 aromatic carbocycles. The van der Waals surface area contributed by atoms with Gasteiger partial charge in [-0.05, 0) is 126 Å². The van der Waals surface area contributed by atoms with Crippen LogP contribution in [-0.4, -0.2) is 0 Å². The molecule has 1 atom stereocenters. The van der Waals surface area contributed by atoms with Crippen molar-refractivity contribution >= 4 is 17.1 Å². The number of rotatable bonds is 8. The van der Waals surface area contributed by atoms with E-state index in [9.17, 15) is 0 Å². The average molecular weight is 842 g/mol. The molecular formula is C65H47N. The molecule has 0 amide bonds. The van der Waals surface area contributed by atoms with Gasteiger partial charge < -0.3 is 4.90 Å². The molecule has 0 radical (unpaired) electrons. The molecule has 1 nitrogen and oxygen atoms in total. The van der Waals surface area contributed by atoms with Crippen LogP contribution < -0.4 is 4.90 Å². The Morgan fingerprint density at radius 3 is 1.65 bits per heavy atom. The zero-order chi connectivity index (χ0) is 44.2. The highest BCUT2D eigenvalue weighted by molar-refractivity contribution is 5.98. The fourth-order valence-corrected chi connectivity index (χ4v) is 11.1. The second-order valence-electron chi connectivity index (χ2n) is 18.2. The van der Waals surface area contributed by atoms with Crippen LogP contribution in [0.3, 0.4) is 0 Å². The van der Waals surface area contributed by atoms with Gasteiger partial charge in [-0.1, -0.05) is 220 Å². The number of benzene rings is 9. The van der Waals surface area contributed by atoms with Crippen molar-refractivity contribution in [1.29, 1.82) is 0 Å². The molecule has 312 valence electrons. The molecule has 0 saturated carbocycles. The number of fused-ring (bicyclic) bond motifs is 6. The molecule has 0 saturated heterocycles. The quantitative estimate of drug-likeness (QED) is 0.138. The Morgan fingerprint density at radius 1 is 0.424 bits per heavy atom. The van der Waals surface area contributed by atoms with Crippen LogP contribution in [0.15, 0.2) is 242 Å². The van der Waals surface area contributed by atoms with E-state index in [4.69, 9.17) is 0 Å². The summed E-state index contributed by atoms with van der Waals surface area (Å²) in [6, 6.07) is 80.6. The van der Waals surface area contributed by atoms with Crippen LogP contribution in [0.25, 0.3) is 55.6 Å². The highest BCUT2D eigenvalue weighted by Crippen LogP contribution is 2.60. The van der Waals surface area contributed by atoms with E-state index in [0.29, 0.717) is 0 Å². The third-order valence-corrected chi connectivity index (χ3v) is 14.3. The van der Waals surface area contributed by atoms with E-state index in [-0.39, 0.29) is 5.41 Å². The highest BCUT2D eigenvalue weighted by atomic mass is 15.1. The molecule has 0 fully saturated rings. The number of anilines is 3. The topological polar surface area (TPSA) is 3.24 Å². The number of nitrogens with zero attached hydrogens (tertiary/aromatic N) is 1. The molecular weight excluding hydrogens is 795 g/mol. The summed E-state index contributed by atoms with van der Waals surface area (Å²) in [7, 11) is 0. The summed E-state index contributed by atoms with van der Waals surface area (Å²) >= 11 is 0. The summed E-state index contributed by atoms with van der Waals surface area (Å²) in [5, 5.41) is 0. The van der Waals surface area contributed by atoms with Crippen LogP contribution >= 0.6 is 0 Å². The van der Waals surface area contributed by atoms with Crippen molar-refractivity contribution < 1.29 is 0 Å². The summed E-state index contributed by atoms with van der Waals surface area (Å²) < 4.78 is 0. The summed E-state index contributed by atoms with van der Waals surface area (Å²) in [5.74, 6) is 6.76. The minimum absolute atomic E-state index is 0.222. The molecule has 0 spiro atoms. The first-order valence-corrected chi connectivity index (χ1v) is 23.1. The zero-order valence-electron chi connectivity index (χ0n) is 37.2. The van der Waals surface area contributed by atoms with E-state index in [1.165, 1.54) is 89.0 Å². The predicted octanol–water partition coefficient (Wildman–Crippen LogP) is 16.7. The van der Waals surface area contributed by atoms with Crippen LogP contribution in [0.5, 0.6) is 0 Å². The molecule has 1 unspecified atom stereocenters. The van der Waals surface area contributed by atoms with Crippen LogP contribution in [0.1, 0.15) is 48.1 Å². The first kappa shape index (κ1) is 39.4. The number of allylic oxidation sites excluding steroid dienone is 4. The first-order valence-electron chi connectivity index (χ1n) is 23.1. The van der Waals surface area contributed by atoms with Crippen molar-refractivity contribution in [2.75, 3.05) is 4.90 Å². The summed E-state index contributed by atoms with van der Waals surface area (Å²) in [5.41, 5.74) is 22.6. The lowest BCUT2D eigenvalue weighted by molar-refractivity contribution is 0.660. The molecule has 0 N–H and O–H groups in total. The van der Waals surface area contributed by atoms with E-state index in [1.54, 1.807) is 0 Å². The molecule has 0 aliphatic heterocycles. The van der Waals surface area contributed by atoms with Gasteiger partial charge in [-0.25, -0.2) is 0 Å². The monoisotopic (exact) mass is 841 g/mol. The standard InChI is InChI=1S/C65H47N/c1-64(2)60-43-50(46-21-10-6-11-22-46)37-41-55(60)56-42-40-54(44-61(56)64)66(53-38-35-49(36-39-53)48-33-31-47(32-34-48)45-19-8-5-9-20-45)62-30-18-29-59-63(62)57-27-16-17-28-58(57)65(59,52-25-14-7-15-26-52)51-23-12-3-4-13-24-51/h5-12,14-44H,3H2,1-2H3. The third-order valence-electron chi connectivity index (χ3n) is 14.3. The zero-order valence-corrected chi connectivity index (χ0v) is 37.2. The van der Waals surface area contributed by atoms with Gasteiger partial charge in [0.1, 0.15) is 0 Å². The Balaban J connectivity index is 1.05. The minimum Gasteiger partial charge on any atom is -0.310 e. The summed E-state index contributed by atoms with van der Waals surface area (Å²) in [6.07, 6.45) is 7.40. The largest absolute Gasteiger partial charge is 0.310 e. The van der Waals surface area contributed by atoms with Gasteiger partial charge in [-0.2, -0.15) is 0 Å². The van der Waals surface area contributed by atoms with E-state index in [1.807, 2.05) is 0 Å². The van der Waals surface area contributed by atoms with Gasteiger partial charge in [0.25, 0.3) is 0 Å². The molecule has 3 aliphatic carbocycles. The van der Waals surface area contributed by atoms with Crippen molar-refractivity contribution in [1.82, 2.24) is 0 Å². The van der Waals surface area contributed by atoms with Crippen LogP contribution in [-0.2, 0) is 10.8 Å². The van der Waals surface area contributed by atoms with E-state index < -0.39 is 5.41 Å². The Kier molecular flexibility index (Phi) is 9.44. The normalized spacial score (nSPS) is 15.9. The van der Waals surface area contributed by atoms with Crippen molar-refractivity contribution in [3.8, 4) is 67.5 Å². The number of hydrogen-bond donors (Lipinski definition) is 0. The van der Waals surface area contributed by atoms with E-state index in [2.05, 4.69) is 267 Å². The fourth-order valence-electron chi connectivity index (χ4n) is 11.1. The fraction of sp³-hybridized carbons (Fsp3) is 0.0769. The Bertz CT molecular complexity index is 3440. The molecule has 0 bridgehead atoms. The van der Waals surface area contributed by atoms with Crippen LogP contribution in [0.2, 0.25) is 0 Å². The highest BCUT2D eigenvalue weighted by Gasteiger charge is 2.48. The maximum atomic E-state index is 3.42. The van der Waals surface area contributed by atoms with Gasteiger partial charge in [-0.3, -0.25) is 0 Å². The van der Waals surface area contributed by atoms with Crippen molar-refractivity contribution in [3.63, 3.8) is 0 Å². The maximum absolute atomic E-state index is 3.42. The van der Waals surface area contributed by atoms with Crippen molar-refractivity contribution in [2.45, 2.75) is 31.1 Å². The van der Waals surface area contributed by atoms with Gasteiger partial charge in [0.05, 0.1) is 11.1 Å². The molecule has 0 aromatic heterocycles. The molecule has 66 heavy (non-hydrogen) atoms. The summed E-state index contributed by atoms with van der Waals surface area (Å²) in [4.78, 5) is 2.50. The maximum Gasteiger partial charge on any atom is 0.0720 e. The van der Waals surface area contributed by atoms with Gasteiger partial charge in [0, 0.05) is 28.8 Å². The second-order valence-corrected chi connectivity index (χ2v) is 18.2. The lowest BCUT2D eigenvalue weighted by Crippen LogP contribution is -2.29. The van der Waals surface area contributed by atoms with Crippen molar-refractivity contribution in [2.24, 2.45) is 0 Å². The van der Waals surface area contributed by atoms with Crippen LogP contribution in [0.4, 0.5) is 17.1 Å². The Labute approximate surface area is 388 Å².